The first-order valence-corrected chi connectivity index (χ1v) is 6.79. The number of hydrogen-bond acceptors (Lipinski definition) is 1. The van der Waals surface area contributed by atoms with Crippen molar-refractivity contribution in [2.75, 3.05) is 0 Å². The summed E-state index contributed by atoms with van der Waals surface area (Å²) in [4.78, 5) is 11.7. The van der Waals surface area contributed by atoms with Gasteiger partial charge in [-0.1, -0.05) is 61.0 Å². The number of allylic oxidation sites excluding steroid dienone is 1. The molecule has 0 spiro atoms. The molecule has 0 saturated heterocycles. The molecule has 0 bridgehead atoms. The number of carboxylic acid groups (broad SMARTS) is 1. The van der Waals surface area contributed by atoms with E-state index in [4.69, 9.17) is 11.6 Å². The van der Waals surface area contributed by atoms with Gasteiger partial charge in [0.15, 0.2) is 0 Å². The van der Waals surface area contributed by atoms with Crippen molar-refractivity contribution in [3.05, 3.63) is 70.7 Å². The van der Waals surface area contributed by atoms with Gasteiger partial charge in [-0.15, -0.1) is 0 Å². The normalized spacial score (nSPS) is 11.9. The Morgan fingerprint density at radius 3 is 2.10 bits per heavy atom. The van der Waals surface area contributed by atoms with Crippen LogP contribution >= 0.6 is 11.6 Å². The number of rotatable bonds is 4. The summed E-state index contributed by atoms with van der Waals surface area (Å²) in [7, 11) is 0. The van der Waals surface area contributed by atoms with Crippen molar-refractivity contribution in [3.63, 3.8) is 0 Å². The Kier molecular flexibility index (Phi) is 4.59. The summed E-state index contributed by atoms with van der Waals surface area (Å²) >= 11 is 5.86. The molecule has 2 aromatic rings. The maximum Gasteiger partial charge on any atom is 0.336 e. The number of hydrogen-bond donors (Lipinski definition) is 1. The Labute approximate surface area is 123 Å². The molecule has 0 heterocycles. The Morgan fingerprint density at radius 2 is 1.60 bits per heavy atom. The van der Waals surface area contributed by atoms with Crippen LogP contribution in [0.4, 0.5) is 0 Å². The lowest BCUT2D eigenvalue weighted by atomic mass is 9.93. The minimum atomic E-state index is -0.923. The van der Waals surface area contributed by atoms with E-state index in [1.165, 1.54) is 0 Å². The molecule has 0 unspecified atom stereocenters. The quantitative estimate of drug-likeness (QED) is 0.651. The van der Waals surface area contributed by atoms with Crippen LogP contribution in [0.5, 0.6) is 0 Å². The summed E-state index contributed by atoms with van der Waals surface area (Å²) in [5.74, 6) is -0.923. The van der Waals surface area contributed by atoms with Crippen LogP contribution in [0.1, 0.15) is 24.5 Å². The van der Waals surface area contributed by atoms with Gasteiger partial charge in [0, 0.05) is 5.02 Å². The Bertz CT molecular complexity index is 628. The van der Waals surface area contributed by atoms with Gasteiger partial charge in [-0.3, -0.25) is 0 Å². The molecule has 0 aromatic heterocycles. The first kappa shape index (κ1) is 14.4. The highest BCUT2D eigenvalue weighted by Crippen LogP contribution is 2.29. The van der Waals surface area contributed by atoms with E-state index in [2.05, 4.69) is 0 Å². The van der Waals surface area contributed by atoms with Gasteiger partial charge in [0.1, 0.15) is 0 Å². The predicted octanol–water partition coefficient (Wildman–Crippen LogP) is 4.75. The molecular weight excluding hydrogens is 272 g/mol. The van der Waals surface area contributed by atoms with Gasteiger partial charge >= 0.3 is 5.97 Å². The van der Waals surface area contributed by atoms with Crippen molar-refractivity contribution in [3.8, 4) is 0 Å². The summed E-state index contributed by atoms with van der Waals surface area (Å²) in [6, 6.07) is 16.5. The highest BCUT2D eigenvalue weighted by molar-refractivity contribution is 6.31. The van der Waals surface area contributed by atoms with Crippen LogP contribution in [0.15, 0.2) is 54.6 Å². The fourth-order valence-electron chi connectivity index (χ4n) is 2.21. The van der Waals surface area contributed by atoms with E-state index in [0.29, 0.717) is 22.6 Å². The molecule has 2 rings (SSSR count). The van der Waals surface area contributed by atoms with Gasteiger partial charge in [-0.25, -0.2) is 4.79 Å². The summed E-state index contributed by atoms with van der Waals surface area (Å²) < 4.78 is 0. The third-order valence-corrected chi connectivity index (χ3v) is 3.38. The topological polar surface area (TPSA) is 37.3 Å². The molecule has 0 amide bonds. The lowest BCUT2D eigenvalue weighted by Gasteiger charge is -2.12. The van der Waals surface area contributed by atoms with Crippen LogP contribution in [-0.2, 0) is 4.79 Å². The Hall–Kier alpha value is -2.06. The van der Waals surface area contributed by atoms with Crippen molar-refractivity contribution in [2.45, 2.75) is 13.3 Å². The van der Waals surface area contributed by atoms with Gasteiger partial charge in [0.05, 0.1) is 5.57 Å². The molecule has 0 aliphatic rings. The van der Waals surface area contributed by atoms with E-state index in [0.717, 1.165) is 11.1 Å². The van der Waals surface area contributed by atoms with Gasteiger partial charge in [0.25, 0.3) is 0 Å². The molecule has 102 valence electrons. The molecule has 0 fully saturated rings. The summed E-state index contributed by atoms with van der Waals surface area (Å²) in [6.07, 6.45) is 0.647. The lowest BCUT2D eigenvalue weighted by molar-refractivity contribution is -0.130. The number of halogens is 1. The van der Waals surface area contributed by atoms with Crippen molar-refractivity contribution in [1.82, 2.24) is 0 Å². The SMILES string of the molecule is CCC(=C(C(=O)O)c1ccc(Cl)cc1)c1ccccc1. The molecule has 1 N–H and O–H groups in total. The number of benzene rings is 2. The molecule has 20 heavy (non-hydrogen) atoms. The van der Waals surface area contributed by atoms with Gasteiger partial charge in [0.2, 0.25) is 0 Å². The van der Waals surface area contributed by atoms with E-state index >= 15 is 0 Å². The standard InChI is InChI=1S/C17H15ClO2/c1-2-15(12-6-4-3-5-7-12)16(17(19)20)13-8-10-14(18)11-9-13/h3-11H,2H2,1H3,(H,19,20). The monoisotopic (exact) mass is 286 g/mol. The van der Waals surface area contributed by atoms with E-state index in [-0.39, 0.29) is 0 Å². The van der Waals surface area contributed by atoms with Crippen molar-refractivity contribution in [1.29, 1.82) is 0 Å². The van der Waals surface area contributed by atoms with Crippen LogP contribution < -0.4 is 0 Å². The number of aliphatic carboxylic acids is 1. The maximum atomic E-state index is 11.7. The summed E-state index contributed by atoms with van der Waals surface area (Å²) in [5.41, 5.74) is 2.75. The fraction of sp³-hybridized carbons (Fsp3) is 0.118. The second kappa shape index (κ2) is 6.40. The maximum absolute atomic E-state index is 11.7. The van der Waals surface area contributed by atoms with Crippen LogP contribution in [0, 0.1) is 0 Å². The first-order chi connectivity index (χ1) is 9.63. The third kappa shape index (κ3) is 3.09. The Balaban J connectivity index is 2.63. The minimum Gasteiger partial charge on any atom is -0.478 e. The molecule has 0 atom stereocenters. The van der Waals surface area contributed by atoms with Crippen molar-refractivity contribution < 1.29 is 9.90 Å². The molecule has 0 aliphatic heterocycles. The van der Waals surface area contributed by atoms with Crippen molar-refractivity contribution in [2.24, 2.45) is 0 Å². The van der Waals surface area contributed by atoms with E-state index in [1.54, 1.807) is 24.3 Å². The van der Waals surface area contributed by atoms with Gasteiger partial charge < -0.3 is 5.11 Å². The predicted molar refractivity (Wildman–Crippen MR) is 82.6 cm³/mol. The highest BCUT2D eigenvalue weighted by Gasteiger charge is 2.16. The van der Waals surface area contributed by atoms with E-state index in [9.17, 15) is 9.90 Å². The highest BCUT2D eigenvalue weighted by atomic mass is 35.5. The van der Waals surface area contributed by atoms with Crippen LogP contribution in [0.3, 0.4) is 0 Å². The zero-order valence-corrected chi connectivity index (χ0v) is 11.9. The average molecular weight is 287 g/mol. The van der Waals surface area contributed by atoms with E-state index in [1.807, 2.05) is 37.3 Å². The summed E-state index contributed by atoms with van der Waals surface area (Å²) in [6.45, 7) is 1.96. The smallest absolute Gasteiger partial charge is 0.336 e. The van der Waals surface area contributed by atoms with Crippen molar-refractivity contribution >= 4 is 28.7 Å². The second-order valence-electron chi connectivity index (χ2n) is 4.39. The molecule has 2 aromatic carbocycles. The number of carbonyl (C=O) groups is 1. The van der Waals surface area contributed by atoms with E-state index < -0.39 is 5.97 Å². The molecule has 3 heteroatoms. The molecule has 0 radical (unpaired) electrons. The first-order valence-electron chi connectivity index (χ1n) is 6.41. The van der Waals surface area contributed by atoms with Crippen LogP contribution in [0.25, 0.3) is 11.1 Å². The molecule has 0 saturated carbocycles. The molecule has 0 aliphatic carbocycles. The molecule has 2 nitrogen and oxygen atoms in total. The van der Waals surface area contributed by atoms with Gasteiger partial charge in [-0.05, 0) is 35.3 Å². The second-order valence-corrected chi connectivity index (χ2v) is 4.82. The molecular formula is C17H15ClO2. The zero-order chi connectivity index (χ0) is 14.5. The largest absolute Gasteiger partial charge is 0.478 e. The minimum absolute atomic E-state index is 0.329. The number of carboxylic acids is 1. The van der Waals surface area contributed by atoms with Crippen LogP contribution in [0.2, 0.25) is 5.02 Å². The fourth-order valence-corrected chi connectivity index (χ4v) is 2.33. The Morgan fingerprint density at radius 1 is 1.00 bits per heavy atom. The lowest BCUT2D eigenvalue weighted by Crippen LogP contribution is -2.03. The van der Waals surface area contributed by atoms with Gasteiger partial charge in [-0.2, -0.15) is 0 Å². The summed E-state index contributed by atoms with van der Waals surface area (Å²) in [5, 5.41) is 10.2. The van der Waals surface area contributed by atoms with Crippen LogP contribution in [-0.4, -0.2) is 11.1 Å². The third-order valence-electron chi connectivity index (χ3n) is 3.12. The average Bonchev–Trinajstić information content (AvgIpc) is 2.46. The zero-order valence-electron chi connectivity index (χ0n) is 11.1.